The molecule has 0 N–H and O–H groups in total. The highest BCUT2D eigenvalue weighted by Crippen LogP contribution is 2.20. The molecule has 0 aliphatic carbocycles. The van der Waals surface area contributed by atoms with Crippen molar-refractivity contribution in [1.29, 1.82) is 0 Å². The number of allylic oxidation sites excluding steroid dienone is 1. The maximum atomic E-state index is 11.5. The molecule has 0 saturated heterocycles. The lowest BCUT2D eigenvalue weighted by atomic mass is 10.3. The quantitative estimate of drug-likeness (QED) is 0.761. The van der Waals surface area contributed by atoms with E-state index >= 15 is 0 Å². The van der Waals surface area contributed by atoms with Crippen LogP contribution in [0.15, 0.2) is 72.4 Å². The first-order chi connectivity index (χ1) is 9.31. The van der Waals surface area contributed by atoms with Gasteiger partial charge in [-0.05, 0) is 22.5 Å². The Balaban J connectivity index is 2.17. The van der Waals surface area contributed by atoms with Gasteiger partial charge >= 0.3 is 0 Å². The molecular weight excluding hydrogens is 248 g/mol. The largest absolute Gasteiger partial charge is 0.295 e. The van der Waals surface area contributed by atoms with Gasteiger partial charge in [0.1, 0.15) is 8.07 Å². The van der Waals surface area contributed by atoms with Crippen molar-refractivity contribution in [3.05, 3.63) is 72.4 Å². The molecule has 1 heterocycles. The van der Waals surface area contributed by atoms with E-state index in [2.05, 4.69) is 54.2 Å². The third-order valence-corrected chi connectivity index (χ3v) is 8.40. The van der Waals surface area contributed by atoms with Gasteiger partial charge in [-0.2, -0.15) is 0 Å². The van der Waals surface area contributed by atoms with Crippen LogP contribution >= 0.6 is 0 Å². The van der Waals surface area contributed by atoms with Crippen LogP contribution in [0.25, 0.3) is 0 Å². The van der Waals surface area contributed by atoms with Crippen LogP contribution in [0.1, 0.15) is 6.42 Å². The van der Waals surface area contributed by atoms with Crippen molar-refractivity contribution >= 4 is 24.2 Å². The number of benzene rings is 2. The van der Waals surface area contributed by atoms with E-state index in [0.717, 1.165) is 6.04 Å². The number of carbonyl (C=O) groups is 1. The molecule has 0 amide bonds. The minimum absolute atomic E-state index is 0.259. The second kappa shape index (κ2) is 4.98. The molecule has 2 heteroatoms. The summed E-state index contributed by atoms with van der Waals surface area (Å²) in [6.45, 7) is 0. The maximum absolute atomic E-state index is 11.5. The Morgan fingerprint density at radius 2 is 1.32 bits per heavy atom. The van der Waals surface area contributed by atoms with Crippen LogP contribution in [-0.2, 0) is 4.79 Å². The minimum Gasteiger partial charge on any atom is -0.295 e. The number of ketones is 1. The zero-order chi connectivity index (χ0) is 13.1. The molecule has 0 radical (unpaired) electrons. The Morgan fingerprint density at radius 3 is 1.74 bits per heavy atom. The average molecular weight is 264 g/mol. The van der Waals surface area contributed by atoms with E-state index in [1.165, 1.54) is 10.4 Å². The summed E-state index contributed by atoms with van der Waals surface area (Å²) in [5.41, 5.74) is 2.21. The molecular formula is C17H16OSi. The monoisotopic (exact) mass is 264 g/mol. The third kappa shape index (κ3) is 2.19. The van der Waals surface area contributed by atoms with Crippen LogP contribution in [0.5, 0.6) is 0 Å². The van der Waals surface area contributed by atoms with Crippen molar-refractivity contribution < 1.29 is 4.79 Å². The Bertz CT molecular complexity index is 562. The van der Waals surface area contributed by atoms with Gasteiger partial charge in [-0.15, -0.1) is 0 Å². The normalized spacial score (nSPS) is 17.4. The smallest absolute Gasteiger partial charge is 0.154 e. The molecule has 0 saturated carbocycles. The predicted molar refractivity (Wildman–Crippen MR) is 81.5 cm³/mol. The number of hydrogen-bond donors (Lipinski definition) is 0. The molecule has 0 spiro atoms. The molecule has 19 heavy (non-hydrogen) atoms. The highest BCUT2D eigenvalue weighted by atomic mass is 28.3. The van der Waals surface area contributed by atoms with Crippen molar-refractivity contribution in [2.75, 3.05) is 0 Å². The van der Waals surface area contributed by atoms with Crippen molar-refractivity contribution in [3.63, 3.8) is 0 Å². The summed E-state index contributed by atoms with van der Waals surface area (Å²) < 4.78 is 0. The number of rotatable bonds is 2. The molecule has 1 aliphatic heterocycles. The zero-order valence-corrected chi connectivity index (χ0v) is 11.8. The van der Waals surface area contributed by atoms with Gasteiger partial charge in [-0.1, -0.05) is 66.4 Å². The van der Waals surface area contributed by atoms with Crippen LogP contribution < -0.4 is 10.4 Å². The minimum atomic E-state index is -1.88. The van der Waals surface area contributed by atoms with Gasteiger partial charge in [0, 0.05) is 6.42 Å². The summed E-state index contributed by atoms with van der Waals surface area (Å²) in [6, 6.07) is 22.3. The van der Waals surface area contributed by atoms with Gasteiger partial charge in [0.05, 0.1) is 0 Å². The number of hydrogen-bond acceptors (Lipinski definition) is 1. The Labute approximate surface area is 114 Å². The molecule has 3 rings (SSSR count). The van der Waals surface area contributed by atoms with E-state index < -0.39 is 8.07 Å². The summed E-state index contributed by atoms with van der Waals surface area (Å²) in [5.74, 6) is 0.259. The van der Waals surface area contributed by atoms with Crippen LogP contribution in [0.2, 0.25) is 6.04 Å². The van der Waals surface area contributed by atoms with Gasteiger partial charge in [0.25, 0.3) is 0 Å². The van der Waals surface area contributed by atoms with E-state index in [9.17, 15) is 4.79 Å². The first-order valence-electron chi connectivity index (χ1n) is 6.64. The highest BCUT2D eigenvalue weighted by Gasteiger charge is 2.36. The zero-order valence-electron chi connectivity index (χ0n) is 10.8. The van der Waals surface area contributed by atoms with E-state index in [1.807, 2.05) is 12.1 Å². The fourth-order valence-electron chi connectivity index (χ4n) is 2.84. The second-order valence-corrected chi connectivity index (χ2v) is 8.93. The van der Waals surface area contributed by atoms with Crippen molar-refractivity contribution in [1.82, 2.24) is 0 Å². The van der Waals surface area contributed by atoms with E-state index in [-0.39, 0.29) is 5.78 Å². The topological polar surface area (TPSA) is 17.1 Å². The molecule has 0 atom stereocenters. The Morgan fingerprint density at radius 1 is 0.789 bits per heavy atom. The highest BCUT2D eigenvalue weighted by molar-refractivity contribution is 7.06. The molecule has 1 aliphatic rings. The lowest BCUT2D eigenvalue weighted by Crippen LogP contribution is -2.58. The van der Waals surface area contributed by atoms with E-state index in [1.54, 1.807) is 6.08 Å². The maximum Gasteiger partial charge on any atom is 0.154 e. The summed E-state index contributed by atoms with van der Waals surface area (Å²) in [6.07, 6.45) is 2.47. The van der Waals surface area contributed by atoms with Gasteiger partial charge < -0.3 is 0 Å². The lowest BCUT2D eigenvalue weighted by molar-refractivity contribution is -0.114. The Hall–Kier alpha value is -1.93. The summed E-state index contributed by atoms with van der Waals surface area (Å²) in [7, 11) is -1.88. The number of carbonyl (C=O) groups excluding carboxylic acids is 1. The first-order valence-corrected chi connectivity index (χ1v) is 8.93. The van der Waals surface area contributed by atoms with Crippen molar-refractivity contribution in [3.8, 4) is 0 Å². The van der Waals surface area contributed by atoms with Crippen LogP contribution in [-0.4, -0.2) is 13.9 Å². The summed E-state index contributed by atoms with van der Waals surface area (Å²) >= 11 is 0. The predicted octanol–water partition coefficient (Wildman–Crippen LogP) is 2.32. The molecule has 2 aromatic rings. The molecule has 0 unspecified atom stereocenters. The standard InChI is InChI=1S/C17H16OSi/c18-15-11-13-19(14-12-15,16-7-3-1-4-8-16)17-9-5-2-6-10-17/h1-11,13H,12,14H2. The van der Waals surface area contributed by atoms with Gasteiger partial charge in [0.15, 0.2) is 5.78 Å². The average Bonchev–Trinajstić information content (AvgIpc) is 2.50. The van der Waals surface area contributed by atoms with Crippen LogP contribution in [0.3, 0.4) is 0 Å². The van der Waals surface area contributed by atoms with Gasteiger partial charge in [-0.3, -0.25) is 4.79 Å². The van der Waals surface area contributed by atoms with Crippen molar-refractivity contribution in [2.24, 2.45) is 0 Å². The van der Waals surface area contributed by atoms with Crippen molar-refractivity contribution in [2.45, 2.75) is 12.5 Å². The lowest BCUT2D eigenvalue weighted by Gasteiger charge is -2.31. The fourth-order valence-corrected chi connectivity index (χ4v) is 6.99. The molecule has 0 aromatic heterocycles. The summed E-state index contributed by atoms with van der Waals surface area (Å²) in [5, 5.41) is 2.79. The first kappa shape index (κ1) is 12.1. The van der Waals surface area contributed by atoms with Gasteiger partial charge in [0.2, 0.25) is 0 Å². The van der Waals surface area contributed by atoms with Gasteiger partial charge in [-0.25, -0.2) is 0 Å². The molecule has 0 bridgehead atoms. The molecule has 2 aromatic carbocycles. The summed E-state index contributed by atoms with van der Waals surface area (Å²) in [4.78, 5) is 11.5. The fraction of sp³-hybridized carbons (Fsp3) is 0.118. The van der Waals surface area contributed by atoms with Crippen LogP contribution in [0.4, 0.5) is 0 Å². The second-order valence-electron chi connectivity index (χ2n) is 5.00. The molecule has 94 valence electrons. The Kier molecular flexibility index (Phi) is 3.18. The van der Waals surface area contributed by atoms with E-state index in [0.29, 0.717) is 6.42 Å². The SMILES string of the molecule is O=C1C=C[Si](c2ccccc2)(c2ccccc2)CC1. The molecule has 0 fully saturated rings. The van der Waals surface area contributed by atoms with Crippen LogP contribution in [0, 0.1) is 0 Å². The third-order valence-electron chi connectivity index (χ3n) is 3.90. The van der Waals surface area contributed by atoms with E-state index in [4.69, 9.17) is 0 Å². The molecule has 1 nitrogen and oxygen atoms in total.